The Bertz CT molecular complexity index is 408. The Kier molecular flexibility index (Phi) is 3.57. The van der Waals surface area contributed by atoms with E-state index in [2.05, 4.69) is 22.2 Å². The van der Waals surface area contributed by atoms with Crippen LogP contribution in [0.2, 0.25) is 5.15 Å². The fraction of sp³-hybridized carbons (Fsp3) is 0.692. The first-order valence-corrected chi connectivity index (χ1v) is 6.69. The number of halogens is 1. The van der Waals surface area contributed by atoms with Crippen molar-refractivity contribution in [3.8, 4) is 0 Å². The quantitative estimate of drug-likeness (QED) is 0.888. The first kappa shape index (κ1) is 12.6. The van der Waals surface area contributed by atoms with Crippen LogP contribution in [-0.2, 0) is 0 Å². The number of aryl methyl sites for hydroxylation is 2. The van der Waals surface area contributed by atoms with Crippen LogP contribution >= 0.6 is 11.6 Å². The summed E-state index contributed by atoms with van der Waals surface area (Å²) < 4.78 is 0. The zero-order chi connectivity index (χ0) is 12.5. The van der Waals surface area contributed by atoms with E-state index in [4.69, 9.17) is 11.6 Å². The van der Waals surface area contributed by atoms with E-state index < -0.39 is 0 Å². The fourth-order valence-corrected chi connectivity index (χ4v) is 2.53. The molecule has 1 saturated carbocycles. The molecule has 1 N–H and O–H groups in total. The third-order valence-electron chi connectivity index (χ3n) is 4.06. The summed E-state index contributed by atoms with van der Waals surface area (Å²) in [6, 6.07) is 0. The number of anilines is 1. The highest BCUT2D eigenvalue weighted by Crippen LogP contribution is 2.43. The summed E-state index contributed by atoms with van der Waals surface area (Å²) in [6.07, 6.45) is 5.19. The van der Waals surface area contributed by atoms with Gasteiger partial charge >= 0.3 is 0 Å². The molecule has 0 radical (unpaired) electrons. The number of nitrogens with one attached hydrogen (secondary N) is 1. The van der Waals surface area contributed by atoms with Gasteiger partial charge in [-0.1, -0.05) is 24.9 Å². The van der Waals surface area contributed by atoms with Crippen molar-refractivity contribution in [2.24, 2.45) is 5.41 Å². The van der Waals surface area contributed by atoms with Gasteiger partial charge in [0, 0.05) is 6.54 Å². The number of nitrogens with zero attached hydrogens (tertiary/aromatic N) is 2. The average Bonchev–Trinajstić information content (AvgIpc) is 2.24. The minimum atomic E-state index is 0.462. The van der Waals surface area contributed by atoms with Gasteiger partial charge in [0.15, 0.2) is 11.0 Å². The summed E-state index contributed by atoms with van der Waals surface area (Å²) in [4.78, 5) is 8.75. The first-order valence-electron chi connectivity index (χ1n) is 6.31. The van der Waals surface area contributed by atoms with Crippen LogP contribution in [0.5, 0.6) is 0 Å². The Balaban J connectivity index is 2.06. The summed E-state index contributed by atoms with van der Waals surface area (Å²) in [5.41, 5.74) is 2.30. The van der Waals surface area contributed by atoms with Gasteiger partial charge in [-0.3, -0.25) is 0 Å². The van der Waals surface area contributed by atoms with Crippen molar-refractivity contribution < 1.29 is 0 Å². The lowest BCUT2D eigenvalue weighted by molar-refractivity contribution is 0.145. The normalized spacial score (nSPS) is 17.6. The van der Waals surface area contributed by atoms with Gasteiger partial charge in [-0.2, -0.15) is 0 Å². The minimum Gasteiger partial charge on any atom is -0.367 e. The molecule has 0 atom stereocenters. The first-order chi connectivity index (χ1) is 8.06. The molecule has 0 bridgehead atoms. The lowest BCUT2D eigenvalue weighted by Gasteiger charge is -2.41. The molecule has 94 valence electrons. The summed E-state index contributed by atoms with van der Waals surface area (Å²) in [5.74, 6) is 0.731. The van der Waals surface area contributed by atoms with Crippen LogP contribution in [0.15, 0.2) is 0 Å². The van der Waals surface area contributed by atoms with Crippen LogP contribution in [0.25, 0.3) is 0 Å². The van der Waals surface area contributed by atoms with Crippen molar-refractivity contribution in [1.29, 1.82) is 0 Å². The maximum Gasteiger partial charge on any atom is 0.171 e. The van der Waals surface area contributed by atoms with E-state index in [1.165, 1.54) is 25.7 Å². The van der Waals surface area contributed by atoms with Crippen LogP contribution in [0.3, 0.4) is 0 Å². The molecule has 0 unspecified atom stereocenters. The topological polar surface area (TPSA) is 37.8 Å². The zero-order valence-corrected chi connectivity index (χ0v) is 11.6. The molecule has 4 heteroatoms. The largest absolute Gasteiger partial charge is 0.367 e. The van der Waals surface area contributed by atoms with Crippen molar-refractivity contribution in [1.82, 2.24) is 9.97 Å². The SMILES string of the molecule is CCC1(CNc2nc(C)c(C)nc2Cl)CCC1. The fourth-order valence-electron chi connectivity index (χ4n) is 2.29. The number of rotatable bonds is 4. The van der Waals surface area contributed by atoms with Gasteiger partial charge in [-0.05, 0) is 38.5 Å². The van der Waals surface area contributed by atoms with Gasteiger partial charge in [0.1, 0.15) is 0 Å². The van der Waals surface area contributed by atoms with Gasteiger partial charge in [0.05, 0.1) is 11.4 Å². The summed E-state index contributed by atoms with van der Waals surface area (Å²) in [6.45, 7) is 7.11. The number of hydrogen-bond acceptors (Lipinski definition) is 3. The predicted molar refractivity (Wildman–Crippen MR) is 71.6 cm³/mol. The van der Waals surface area contributed by atoms with Crippen LogP contribution in [0.1, 0.15) is 44.0 Å². The van der Waals surface area contributed by atoms with Crippen LogP contribution < -0.4 is 5.32 Å². The Morgan fingerprint density at radius 1 is 1.24 bits per heavy atom. The molecule has 1 aromatic heterocycles. The molecule has 0 aromatic carbocycles. The molecule has 1 aliphatic carbocycles. The molecule has 0 aliphatic heterocycles. The van der Waals surface area contributed by atoms with Gasteiger partial charge in [0.25, 0.3) is 0 Å². The highest BCUT2D eigenvalue weighted by atomic mass is 35.5. The van der Waals surface area contributed by atoms with Gasteiger partial charge in [0.2, 0.25) is 0 Å². The average molecular weight is 254 g/mol. The molecule has 1 aliphatic rings. The number of aromatic nitrogens is 2. The minimum absolute atomic E-state index is 0.462. The molecule has 1 aromatic rings. The van der Waals surface area contributed by atoms with E-state index in [9.17, 15) is 0 Å². The second kappa shape index (κ2) is 4.81. The molecular formula is C13H20ClN3. The zero-order valence-electron chi connectivity index (χ0n) is 10.8. The molecule has 17 heavy (non-hydrogen) atoms. The Morgan fingerprint density at radius 3 is 2.41 bits per heavy atom. The van der Waals surface area contributed by atoms with Crippen LogP contribution in [0.4, 0.5) is 5.82 Å². The standard InChI is InChI=1S/C13H20ClN3/c1-4-13(6-5-7-13)8-15-12-11(14)16-9(2)10(3)17-12/h4-8H2,1-3H3,(H,15,17). The summed E-state index contributed by atoms with van der Waals surface area (Å²) >= 11 is 6.10. The molecule has 1 heterocycles. The van der Waals surface area contributed by atoms with E-state index in [0.29, 0.717) is 10.6 Å². The lowest BCUT2D eigenvalue weighted by atomic mass is 9.67. The van der Waals surface area contributed by atoms with Crippen molar-refractivity contribution in [3.05, 3.63) is 16.5 Å². The molecule has 0 amide bonds. The Hall–Kier alpha value is -0.830. The molecule has 0 saturated heterocycles. The third-order valence-corrected chi connectivity index (χ3v) is 4.32. The van der Waals surface area contributed by atoms with E-state index in [1.807, 2.05) is 13.8 Å². The summed E-state index contributed by atoms with van der Waals surface area (Å²) in [7, 11) is 0. The van der Waals surface area contributed by atoms with Crippen molar-refractivity contribution in [3.63, 3.8) is 0 Å². The second-order valence-corrected chi connectivity index (χ2v) is 5.45. The smallest absolute Gasteiger partial charge is 0.171 e. The molecule has 1 fully saturated rings. The van der Waals surface area contributed by atoms with E-state index in [0.717, 1.165) is 23.8 Å². The summed E-state index contributed by atoms with van der Waals surface area (Å²) in [5, 5.41) is 3.85. The molecule has 2 rings (SSSR count). The van der Waals surface area contributed by atoms with E-state index in [-0.39, 0.29) is 0 Å². The van der Waals surface area contributed by atoms with E-state index in [1.54, 1.807) is 0 Å². The van der Waals surface area contributed by atoms with Gasteiger partial charge in [-0.25, -0.2) is 9.97 Å². The molecular weight excluding hydrogens is 234 g/mol. The maximum absolute atomic E-state index is 6.10. The number of hydrogen-bond donors (Lipinski definition) is 1. The second-order valence-electron chi connectivity index (χ2n) is 5.09. The van der Waals surface area contributed by atoms with Crippen molar-refractivity contribution >= 4 is 17.4 Å². The monoisotopic (exact) mass is 253 g/mol. The van der Waals surface area contributed by atoms with Gasteiger partial charge in [-0.15, -0.1) is 0 Å². The van der Waals surface area contributed by atoms with Crippen LogP contribution in [0, 0.1) is 19.3 Å². The maximum atomic E-state index is 6.10. The van der Waals surface area contributed by atoms with Crippen molar-refractivity contribution in [2.45, 2.75) is 46.5 Å². The van der Waals surface area contributed by atoms with E-state index >= 15 is 0 Å². The van der Waals surface area contributed by atoms with Crippen molar-refractivity contribution in [2.75, 3.05) is 11.9 Å². The third kappa shape index (κ3) is 2.54. The molecule has 0 spiro atoms. The van der Waals surface area contributed by atoms with Gasteiger partial charge < -0.3 is 5.32 Å². The highest BCUT2D eigenvalue weighted by Gasteiger charge is 2.34. The Morgan fingerprint density at radius 2 is 1.88 bits per heavy atom. The predicted octanol–water partition coefficient (Wildman–Crippen LogP) is 3.74. The van der Waals surface area contributed by atoms with Crippen LogP contribution in [-0.4, -0.2) is 16.5 Å². The highest BCUT2D eigenvalue weighted by molar-refractivity contribution is 6.31. The lowest BCUT2D eigenvalue weighted by Crippen LogP contribution is -2.36. The molecule has 3 nitrogen and oxygen atoms in total. The Labute approximate surface area is 108 Å².